The molecule has 0 radical (unpaired) electrons. The fourth-order valence-electron chi connectivity index (χ4n) is 8.40. The number of fused-ring (bicyclic) bond motifs is 3. The van der Waals surface area contributed by atoms with Crippen molar-refractivity contribution in [2.45, 2.75) is 78.0 Å². The zero-order valence-electron chi connectivity index (χ0n) is 33.6. The fourth-order valence-corrected chi connectivity index (χ4v) is 8.40. The molecule has 1 spiro atoms. The molecule has 2 aliphatic heterocycles. The third-order valence-electron chi connectivity index (χ3n) is 11.2. The molecule has 302 valence electrons. The second-order valence-corrected chi connectivity index (χ2v) is 16.4. The first kappa shape index (κ1) is 38.6. The van der Waals surface area contributed by atoms with Crippen molar-refractivity contribution in [1.29, 1.82) is 0 Å². The van der Waals surface area contributed by atoms with Gasteiger partial charge in [-0.2, -0.15) is 10.2 Å². The zero-order valence-corrected chi connectivity index (χ0v) is 33.6. The van der Waals surface area contributed by atoms with Gasteiger partial charge in [0, 0.05) is 44.6 Å². The molecule has 1 unspecified atom stereocenters. The van der Waals surface area contributed by atoms with Crippen molar-refractivity contribution < 1.29 is 27.8 Å². The maximum absolute atomic E-state index is 16.1. The number of nitrogens with zero attached hydrogens (tertiary/aromatic N) is 8. The van der Waals surface area contributed by atoms with E-state index < -0.39 is 40.8 Å². The van der Waals surface area contributed by atoms with E-state index >= 15 is 8.78 Å². The van der Waals surface area contributed by atoms with Crippen LogP contribution in [0.1, 0.15) is 74.5 Å². The summed E-state index contributed by atoms with van der Waals surface area (Å²) in [5.41, 5.74) is 1.44. The predicted octanol–water partition coefficient (Wildman–Crippen LogP) is 7.58. The van der Waals surface area contributed by atoms with Crippen molar-refractivity contribution in [3.8, 4) is 17.2 Å². The summed E-state index contributed by atoms with van der Waals surface area (Å²) in [5, 5.41) is 9.69. The normalized spacial score (nSPS) is 18.2. The first-order valence-corrected chi connectivity index (χ1v) is 19.3. The average molecular weight is 793 g/mol. The molecule has 0 saturated carbocycles. The molecule has 15 heteroatoms. The van der Waals surface area contributed by atoms with Gasteiger partial charge in [0.25, 0.3) is 0 Å². The second kappa shape index (κ2) is 14.3. The SMILES string of the molecule is Cc1cc(-n2nc3c(c2-n2ccn(-c4ccc5c(cnn5C)c4F)c2=O)[C@H](C)N(C(=O)OCc2ccccc2)CC32CCCN(C(=O)OC(C)(C)C)C2)cc(C)c1F. The average Bonchev–Trinajstić information content (AvgIpc) is 3.89. The standard InChI is InChI=1S/C43H46F2N8O5/c1-26-20-30(21-27(2)35(26)44)53-38(51-19-18-50(39(51)54)33-15-14-32-31(36(33)45)22-46-48(32)7)34-28(3)52(41(56)57-23-29-12-9-8-10-13-29)25-43(37(34)47-53)16-11-17-49(24-43)40(55)58-42(4,5)6/h8-10,12-15,18-22,28H,11,16-17,23-25H2,1-7H3/t28-,43?/m0/s1. The molecule has 2 atom stereocenters. The highest BCUT2D eigenvalue weighted by molar-refractivity contribution is 5.82. The molecule has 2 aliphatic rings. The molecule has 8 rings (SSSR count). The summed E-state index contributed by atoms with van der Waals surface area (Å²) in [6, 6.07) is 15.2. The lowest BCUT2D eigenvalue weighted by Gasteiger charge is -2.48. The second-order valence-electron chi connectivity index (χ2n) is 16.4. The first-order chi connectivity index (χ1) is 27.6. The lowest BCUT2D eigenvalue weighted by atomic mass is 9.71. The van der Waals surface area contributed by atoms with Crippen molar-refractivity contribution in [3.05, 3.63) is 123 Å². The number of halogens is 2. The van der Waals surface area contributed by atoms with Crippen LogP contribution >= 0.6 is 0 Å². The maximum atomic E-state index is 16.1. The van der Waals surface area contributed by atoms with E-state index in [0.717, 1.165) is 5.56 Å². The Morgan fingerprint density at radius 2 is 1.66 bits per heavy atom. The predicted molar refractivity (Wildman–Crippen MR) is 213 cm³/mol. The molecule has 2 amide bonds. The highest BCUT2D eigenvalue weighted by Gasteiger charge is 2.52. The van der Waals surface area contributed by atoms with E-state index in [0.29, 0.717) is 53.0 Å². The van der Waals surface area contributed by atoms with Gasteiger partial charge in [-0.3, -0.25) is 13.8 Å². The highest BCUT2D eigenvalue weighted by atomic mass is 19.1. The van der Waals surface area contributed by atoms with Crippen LogP contribution in [0.5, 0.6) is 0 Å². The number of benzene rings is 3. The third-order valence-corrected chi connectivity index (χ3v) is 11.2. The first-order valence-electron chi connectivity index (χ1n) is 19.3. The van der Waals surface area contributed by atoms with Gasteiger partial charge in [0.2, 0.25) is 0 Å². The minimum absolute atomic E-state index is 0.0218. The Balaban J connectivity index is 1.34. The van der Waals surface area contributed by atoms with Crippen molar-refractivity contribution in [1.82, 2.24) is 38.5 Å². The van der Waals surface area contributed by atoms with E-state index in [1.165, 1.54) is 33.8 Å². The van der Waals surface area contributed by atoms with Gasteiger partial charge in [-0.15, -0.1) is 0 Å². The number of imidazole rings is 1. The molecule has 3 aromatic carbocycles. The molecular weight excluding hydrogens is 747 g/mol. The summed E-state index contributed by atoms with van der Waals surface area (Å²) in [6.45, 7) is 11.3. The molecule has 58 heavy (non-hydrogen) atoms. The van der Waals surface area contributed by atoms with E-state index in [-0.39, 0.29) is 42.4 Å². The Labute approximate surface area is 334 Å². The van der Waals surface area contributed by atoms with Crippen LogP contribution in [-0.2, 0) is 28.5 Å². The number of carbonyl (C=O) groups excluding carboxylic acids is 2. The molecule has 13 nitrogen and oxygen atoms in total. The monoisotopic (exact) mass is 792 g/mol. The van der Waals surface area contributed by atoms with Crippen LogP contribution in [0, 0.1) is 25.5 Å². The molecular formula is C43H46F2N8O5. The Morgan fingerprint density at radius 1 is 0.948 bits per heavy atom. The fraction of sp³-hybridized carbons (Fsp3) is 0.372. The van der Waals surface area contributed by atoms with E-state index in [1.807, 2.05) is 37.3 Å². The summed E-state index contributed by atoms with van der Waals surface area (Å²) in [6.07, 6.45) is 4.47. The van der Waals surface area contributed by atoms with Gasteiger partial charge in [-0.25, -0.2) is 27.8 Å². The molecule has 0 N–H and O–H groups in total. The third kappa shape index (κ3) is 6.61. The van der Waals surface area contributed by atoms with Crippen LogP contribution in [0.25, 0.3) is 28.1 Å². The number of likely N-dealkylation sites (tertiary alicyclic amines) is 1. The number of piperidine rings is 1. The maximum Gasteiger partial charge on any atom is 0.410 e. The quantitative estimate of drug-likeness (QED) is 0.177. The molecule has 0 bridgehead atoms. The number of carbonyl (C=O) groups is 2. The minimum Gasteiger partial charge on any atom is -0.445 e. The number of amides is 2. The largest absolute Gasteiger partial charge is 0.445 e. The van der Waals surface area contributed by atoms with Crippen molar-refractivity contribution in [2.75, 3.05) is 19.6 Å². The summed E-state index contributed by atoms with van der Waals surface area (Å²) in [4.78, 5) is 45.9. The van der Waals surface area contributed by atoms with Crippen molar-refractivity contribution >= 4 is 23.1 Å². The Hall–Kier alpha value is -6.25. The molecule has 3 aromatic heterocycles. The Bertz CT molecular complexity index is 2620. The molecule has 1 saturated heterocycles. The van der Waals surface area contributed by atoms with E-state index in [4.69, 9.17) is 14.6 Å². The van der Waals surface area contributed by atoms with Gasteiger partial charge < -0.3 is 19.3 Å². The van der Waals surface area contributed by atoms with Gasteiger partial charge in [0.05, 0.1) is 45.6 Å². The number of hydrogen-bond acceptors (Lipinski definition) is 7. The highest BCUT2D eigenvalue weighted by Crippen LogP contribution is 2.47. The molecule has 5 heterocycles. The number of aromatic nitrogens is 6. The minimum atomic E-state index is -0.934. The molecule has 1 fully saturated rings. The van der Waals surface area contributed by atoms with Crippen LogP contribution in [0.4, 0.5) is 18.4 Å². The van der Waals surface area contributed by atoms with E-state index in [1.54, 1.807) is 79.0 Å². The summed E-state index contributed by atoms with van der Waals surface area (Å²) >= 11 is 0. The van der Waals surface area contributed by atoms with E-state index in [2.05, 4.69) is 5.10 Å². The number of ether oxygens (including phenoxy) is 2. The smallest absolute Gasteiger partial charge is 0.410 e. The van der Waals surface area contributed by atoms with E-state index in [9.17, 15) is 14.4 Å². The van der Waals surface area contributed by atoms with Gasteiger partial charge in [0.15, 0.2) is 5.82 Å². The van der Waals surface area contributed by atoms with Crippen LogP contribution in [0.15, 0.2) is 78.0 Å². The topological polar surface area (TPSA) is 122 Å². The molecule has 0 aliphatic carbocycles. The lowest BCUT2D eigenvalue weighted by Crippen LogP contribution is -2.58. The van der Waals surface area contributed by atoms with Crippen LogP contribution in [0.2, 0.25) is 0 Å². The van der Waals surface area contributed by atoms with Gasteiger partial charge in [0.1, 0.15) is 23.8 Å². The number of rotatable bonds is 5. The van der Waals surface area contributed by atoms with Gasteiger partial charge in [-0.05, 0) is 95.3 Å². The number of hydrogen-bond donors (Lipinski definition) is 0. The Morgan fingerprint density at radius 3 is 2.36 bits per heavy atom. The van der Waals surface area contributed by atoms with Gasteiger partial charge >= 0.3 is 17.9 Å². The van der Waals surface area contributed by atoms with Crippen molar-refractivity contribution in [2.24, 2.45) is 7.05 Å². The van der Waals surface area contributed by atoms with Crippen molar-refractivity contribution in [3.63, 3.8) is 0 Å². The summed E-state index contributed by atoms with van der Waals surface area (Å²) in [5.74, 6) is -0.701. The zero-order chi connectivity index (χ0) is 41.3. The number of aryl methyl sites for hydroxylation is 3. The van der Waals surface area contributed by atoms with Crippen LogP contribution < -0.4 is 5.69 Å². The van der Waals surface area contributed by atoms with Gasteiger partial charge in [-0.1, -0.05) is 30.3 Å². The summed E-state index contributed by atoms with van der Waals surface area (Å²) < 4.78 is 48.8. The lowest BCUT2D eigenvalue weighted by molar-refractivity contribution is 0.00441. The van der Waals surface area contributed by atoms with Crippen LogP contribution in [0.3, 0.4) is 0 Å². The Kier molecular flexibility index (Phi) is 9.52. The molecule has 6 aromatic rings. The summed E-state index contributed by atoms with van der Waals surface area (Å²) in [7, 11) is 1.71. The van der Waals surface area contributed by atoms with Crippen LogP contribution in [-0.4, -0.2) is 75.9 Å².